The number of pyridine rings is 1. The van der Waals surface area contributed by atoms with Crippen molar-refractivity contribution < 1.29 is 18.0 Å². The van der Waals surface area contributed by atoms with Gasteiger partial charge in [0.05, 0.1) is 11.3 Å². The number of carbonyl (C=O) groups excluding carboxylic acids is 1. The van der Waals surface area contributed by atoms with E-state index in [1.54, 1.807) is 31.2 Å². The van der Waals surface area contributed by atoms with Crippen molar-refractivity contribution in [2.45, 2.75) is 24.4 Å². The maximum atomic E-state index is 13.0. The number of aryl methyl sites for hydroxylation is 1. The van der Waals surface area contributed by atoms with Crippen molar-refractivity contribution in [2.24, 2.45) is 0 Å². The third-order valence-corrected chi connectivity index (χ3v) is 4.44. The van der Waals surface area contributed by atoms with Gasteiger partial charge in [-0.1, -0.05) is 6.92 Å². The highest BCUT2D eigenvalue weighted by atomic mass is 32.2. The van der Waals surface area contributed by atoms with Crippen molar-refractivity contribution >= 4 is 29.0 Å². The molecule has 138 valence electrons. The van der Waals surface area contributed by atoms with Gasteiger partial charge in [0.25, 0.3) is 5.91 Å². The summed E-state index contributed by atoms with van der Waals surface area (Å²) in [6.07, 6.45) is -3.25. The third kappa shape index (κ3) is 3.90. The fourth-order valence-electron chi connectivity index (χ4n) is 2.60. The van der Waals surface area contributed by atoms with Crippen molar-refractivity contribution in [3.8, 4) is 5.40 Å². The molecule has 1 amide bonds. The maximum absolute atomic E-state index is 13.0. The Kier molecular flexibility index (Phi) is 5.10. The first-order valence-corrected chi connectivity index (χ1v) is 8.70. The molecule has 0 saturated heterocycles. The molecule has 0 spiro atoms. The summed E-state index contributed by atoms with van der Waals surface area (Å²) in [5, 5.41) is 13.3. The number of imidazole rings is 1. The summed E-state index contributed by atoms with van der Waals surface area (Å²) in [7, 11) is 0. The minimum Gasteiger partial charge on any atom is -0.321 e. The van der Waals surface area contributed by atoms with Gasteiger partial charge in [0.15, 0.2) is 0 Å². The van der Waals surface area contributed by atoms with Gasteiger partial charge in [-0.3, -0.25) is 9.20 Å². The molecule has 0 atom stereocenters. The van der Waals surface area contributed by atoms with Crippen molar-refractivity contribution in [2.75, 3.05) is 5.32 Å². The highest BCUT2D eigenvalue weighted by molar-refractivity contribution is 8.03. The van der Waals surface area contributed by atoms with Gasteiger partial charge in [-0.05, 0) is 54.6 Å². The Morgan fingerprint density at radius 2 is 1.96 bits per heavy atom. The monoisotopic (exact) mass is 390 g/mol. The van der Waals surface area contributed by atoms with E-state index in [9.17, 15) is 18.0 Å². The number of thiocyanates is 1. The zero-order chi connectivity index (χ0) is 19.6. The van der Waals surface area contributed by atoms with E-state index < -0.39 is 17.6 Å². The molecule has 1 N–H and O–H groups in total. The van der Waals surface area contributed by atoms with E-state index in [-0.39, 0.29) is 11.3 Å². The van der Waals surface area contributed by atoms with Gasteiger partial charge in [0, 0.05) is 16.8 Å². The minimum absolute atomic E-state index is 0.0640. The lowest BCUT2D eigenvalue weighted by Crippen LogP contribution is -2.17. The first-order valence-electron chi connectivity index (χ1n) is 7.89. The molecule has 0 saturated carbocycles. The molecular weight excluding hydrogens is 377 g/mol. The van der Waals surface area contributed by atoms with E-state index in [4.69, 9.17) is 5.26 Å². The van der Waals surface area contributed by atoms with Crippen molar-refractivity contribution in [3.05, 3.63) is 59.5 Å². The molecule has 9 heteroatoms. The van der Waals surface area contributed by atoms with Gasteiger partial charge in [-0.2, -0.15) is 18.4 Å². The Morgan fingerprint density at radius 3 is 2.56 bits per heavy atom. The number of fused-ring (bicyclic) bond motifs is 1. The van der Waals surface area contributed by atoms with Crippen LogP contribution < -0.4 is 5.32 Å². The number of halogens is 3. The van der Waals surface area contributed by atoms with Gasteiger partial charge in [0.1, 0.15) is 16.7 Å². The van der Waals surface area contributed by atoms with E-state index in [0.29, 0.717) is 17.8 Å². The molecule has 0 aliphatic carbocycles. The van der Waals surface area contributed by atoms with Crippen LogP contribution in [0.2, 0.25) is 0 Å². The minimum atomic E-state index is -4.52. The van der Waals surface area contributed by atoms with Gasteiger partial charge in [-0.15, -0.1) is 0 Å². The van der Waals surface area contributed by atoms with E-state index in [1.807, 2.05) is 5.40 Å². The van der Waals surface area contributed by atoms with E-state index >= 15 is 0 Å². The number of anilines is 1. The van der Waals surface area contributed by atoms with Crippen molar-refractivity contribution in [1.29, 1.82) is 5.26 Å². The van der Waals surface area contributed by atoms with Crippen LogP contribution in [0.4, 0.5) is 18.9 Å². The summed E-state index contributed by atoms with van der Waals surface area (Å²) in [6, 6.07) is 8.75. The SMILES string of the molecule is CCc1nc2ccc(C(F)(F)F)cn2c1C(=O)Nc1ccc(SC#N)cc1. The normalized spacial score (nSPS) is 11.4. The number of nitriles is 1. The molecule has 0 fully saturated rings. The smallest absolute Gasteiger partial charge is 0.321 e. The molecule has 27 heavy (non-hydrogen) atoms. The lowest BCUT2D eigenvalue weighted by atomic mass is 10.2. The second-order valence-electron chi connectivity index (χ2n) is 5.58. The third-order valence-electron chi connectivity index (χ3n) is 3.84. The molecule has 2 aromatic heterocycles. The first-order chi connectivity index (χ1) is 12.8. The van der Waals surface area contributed by atoms with Crippen LogP contribution in [-0.4, -0.2) is 15.3 Å². The zero-order valence-corrected chi connectivity index (χ0v) is 14.9. The van der Waals surface area contributed by atoms with Crippen LogP contribution in [0.3, 0.4) is 0 Å². The van der Waals surface area contributed by atoms with Gasteiger partial charge < -0.3 is 5.32 Å². The predicted molar refractivity (Wildman–Crippen MR) is 95.4 cm³/mol. The molecule has 0 aliphatic rings. The number of nitrogens with one attached hydrogen (secondary N) is 1. The Bertz CT molecular complexity index is 1040. The zero-order valence-electron chi connectivity index (χ0n) is 14.0. The lowest BCUT2D eigenvalue weighted by molar-refractivity contribution is -0.137. The summed E-state index contributed by atoms with van der Waals surface area (Å²) in [6.45, 7) is 1.77. The molecule has 0 aliphatic heterocycles. The van der Waals surface area contributed by atoms with Crippen LogP contribution in [0.25, 0.3) is 5.65 Å². The van der Waals surface area contributed by atoms with E-state index in [0.717, 1.165) is 33.3 Å². The number of hydrogen-bond donors (Lipinski definition) is 1. The fourth-order valence-corrected chi connectivity index (χ4v) is 2.97. The molecule has 5 nitrogen and oxygen atoms in total. The Hall–Kier alpha value is -2.99. The number of thioether (sulfide) groups is 1. The Morgan fingerprint density at radius 1 is 1.26 bits per heavy atom. The molecular formula is C18H13F3N4OS. The molecule has 3 rings (SSSR count). The molecule has 0 bridgehead atoms. The van der Waals surface area contributed by atoms with E-state index in [1.165, 1.54) is 6.07 Å². The number of carbonyl (C=O) groups is 1. The number of aromatic nitrogens is 2. The topological polar surface area (TPSA) is 70.2 Å². The van der Waals surface area contributed by atoms with Gasteiger partial charge in [0.2, 0.25) is 0 Å². The van der Waals surface area contributed by atoms with Crippen molar-refractivity contribution in [3.63, 3.8) is 0 Å². The standard InChI is InChI=1S/C18H13F3N4OS/c1-2-14-16(17(26)23-12-4-6-13(7-5-12)27-10-22)25-9-11(18(19,20)21)3-8-15(25)24-14/h3-9H,2H2,1H3,(H,23,26). The van der Waals surface area contributed by atoms with E-state index in [2.05, 4.69) is 10.3 Å². The van der Waals surface area contributed by atoms with Crippen LogP contribution >= 0.6 is 11.8 Å². The van der Waals surface area contributed by atoms with Gasteiger partial charge >= 0.3 is 6.18 Å². The second kappa shape index (κ2) is 7.32. The first kappa shape index (κ1) is 18.8. The van der Waals surface area contributed by atoms with Crippen LogP contribution in [0.15, 0.2) is 47.5 Å². The summed E-state index contributed by atoms with van der Waals surface area (Å²) in [5.74, 6) is -0.556. The van der Waals surface area contributed by atoms with Crippen LogP contribution in [-0.2, 0) is 12.6 Å². The van der Waals surface area contributed by atoms with Gasteiger partial charge in [-0.25, -0.2) is 4.98 Å². The number of benzene rings is 1. The number of rotatable bonds is 4. The van der Waals surface area contributed by atoms with Crippen LogP contribution in [0, 0.1) is 10.7 Å². The highest BCUT2D eigenvalue weighted by Crippen LogP contribution is 2.30. The largest absolute Gasteiger partial charge is 0.417 e. The summed E-state index contributed by atoms with van der Waals surface area (Å²) < 4.78 is 40.2. The maximum Gasteiger partial charge on any atom is 0.417 e. The average Bonchev–Trinajstić information content (AvgIpc) is 3.00. The summed E-state index contributed by atoms with van der Waals surface area (Å²) in [5.41, 5.74) is 0.344. The molecule has 0 unspecified atom stereocenters. The number of nitrogens with zero attached hydrogens (tertiary/aromatic N) is 3. The highest BCUT2D eigenvalue weighted by Gasteiger charge is 2.31. The quantitative estimate of drug-likeness (QED) is 0.516. The Labute approximate surface area is 156 Å². The molecule has 2 heterocycles. The van der Waals surface area contributed by atoms with Crippen molar-refractivity contribution in [1.82, 2.24) is 9.38 Å². The molecule has 3 aromatic rings. The van der Waals surface area contributed by atoms with Crippen LogP contribution in [0.1, 0.15) is 28.7 Å². The van der Waals surface area contributed by atoms with Crippen LogP contribution in [0.5, 0.6) is 0 Å². The summed E-state index contributed by atoms with van der Waals surface area (Å²) in [4.78, 5) is 17.7. The lowest BCUT2D eigenvalue weighted by Gasteiger charge is -2.09. The Balaban J connectivity index is 1.98. The summed E-state index contributed by atoms with van der Waals surface area (Å²) >= 11 is 0.985. The molecule has 0 radical (unpaired) electrons. The predicted octanol–water partition coefficient (Wildman–Crippen LogP) is 4.74. The number of alkyl halides is 3. The second-order valence-corrected chi connectivity index (χ2v) is 6.43. The number of hydrogen-bond acceptors (Lipinski definition) is 4. The average molecular weight is 390 g/mol. The fraction of sp³-hybridized carbons (Fsp3) is 0.167. The number of amides is 1. The molecule has 1 aromatic carbocycles.